The minimum Gasteiger partial charge on any atom is -0.335 e. The zero-order valence-corrected chi connectivity index (χ0v) is 19.2. The molecule has 1 aliphatic heterocycles. The van der Waals surface area contributed by atoms with Gasteiger partial charge in [0.25, 0.3) is 0 Å². The van der Waals surface area contributed by atoms with Crippen LogP contribution < -0.4 is 10.6 Å². The first-order valence-corrected chi connectivity index (χ1v) is 12.1. The van der Waals surface area contributed by atoms with Crippen LogP contribution in [-0.2, 0) is 16.6 Å². The van der Waals surface area contributed by atoms with E-state index in [1.165, 1.54) is 16.4 Å². The summed E-state index contributed by atoms with van der Waals surface area (Å²) in [6.45, 7) is 6.62. The minimum absolute atomic E-state index is 0.154. The first-order valence-electron chi connectivity index (χ1n) is 10.7. The van der Waals surface area contributed by atoms with Crippen molar-refractivity contribution in [2.45, 2.75) is 50.2 Å². The van der Waals surface area contributed by atoms with Gasteiger partial charge in [-0.25, -0.2) is 13.2 Å². The lowest BCUT2D eigenvalue weighted by atomic mass is 10.0. The number of hydrogen-bond donors (Lipinski definition) is 2. The van der Waals surface area contributed by atoms with E-state index in [9.17, 15) is 13.2 Å². The Kier molecular flexibility index (Phi) is 7.69. The lowest BCUT2D eigenvalue weighted by Crippen LogP contribution is -2.47. The molecule has 0 bridgehead atoms. The fraction of sp³-hybridized carbons (Fsp3) is 0.435. The van der Waals surface area contributed by atoms with E-state index in [0.29, 0.717) is 18.3 Å². The molecule has 1 aliphatic rings. The number of rotatable bonds is 7. The maximum absolute atomic E-state index is 12.8. The third-order valence-electron chi connectivity index (χ3n) is 5.66. The number of nitrogens with one attached hydrogen (secondary N) is 2. The van der Waals surface area contributed by atoms with Gasteiger partial charge < -0.3 is 15.5 Å². The molecule has 2 aromatic rings. The van der Waals surface area contributed by atoms with Gasteiger partial charge in [0, 0.05) is 44.5 Å². The van der Waals surface area contributed by atoms with Gasteiger partial charge in [-0.3, -0.25) is 0 Å². The number of sulfonamides is 1. The van der Waals surface area contributed by atoms with Crippen LogP contribution >= 0.6 is 0 Å². The van der Waals surface area contributed by atoms with Crippen molar-refractivity contribution < 1.29 is 13.2 Å². The predicted octanol–water partition coefficient (Wildman–Crippen LogP) is 3.50. The molecule has 2 aromatic carbocycles. The number of amides is 2. The quantitative estimate of drug-likeness (QED) is 0.685. The summed E-state index contributed by atoms with van der Waals surface area (Å²) in [5.41, 5.74) is 1.48. The summed E-state index contributed by atoms with van der Waals surface area (Å²) in [7, 11) is -2.06. The number of anilines is 1. The highest BCUT2D eigenvalue weighted by Crippen LogP contribution is 2.19. The minimum atomic E-state index is -3.62. The van der Waals surface area contributed by atoms with E-state index < -0.39 is 10.0 Å². The molecule has 0 unspecified atom stereocenters. The number of benzene rings is 2. The highest BCUT2D eigenvalue weighted by atomic mass is 32.2. The largest absolute Gasteiger partial charge is 0.335 e. The van der Waals surface area contributed by atoms with Crippen LogP contribution in [0, 0.1) is 0 Å². The monoisotopic (exact) mass is 444 g/mol. The summed E-state index contributed by atoms with van der Waals surface area (Å²) < 4.78 is 27.0. The van der Waals surface area contributed by atoms with Crippen molar-refractivity contribution in [1.82, 2.24) is 14.5 Å². The molecule has 1 heterocycles. The molecule has 0 aromatic heterocycles. The molecule has 0 atom stereocenters. The molecular formula is C23H32N4O3S. The highest BCUT2D eigenvalue weighted by molar-refractivity contribution is 7.89. The zero-order chi connectivity index (χ0) is 22.4. The van der Waals surface area contributed by atoms with E-state index in [1.54, 1.807) is 19.2 Å². The maximum Gasteiger partial charge on any atom is 0.319 e. The average molecular weight is 445 g/mol. The second kappa shape index (κ2) is 10.3. The molecule has 0 radical (unpaired) electrons. The molecule has 1 saturated heterocycles. The van der Waals surface area contributed by atoms with Crippen molar-refractivity contribution in [2.75, 3.05) is 25.5 Å². The second-order valence-electron chi connectivity index (χ2n) is 8.27. The Morgan fingerprint density at radius 2 is 1.68 bits per heavy atom. The molecule has 31 heavy (non-hydrogen) atoms. The summed E-state index contributed by atoms with van der Waals surface area (Å²) in [5.74, 6) is 0. The Morgan fingerprint density at radius 3 is 2.26 bits per heavy atom. The van der Waals surface area contributed by atoms with Crippen LogP contribution in [0.5, 0.6) is 0 Å². The summed E-state index contributed by atoms with van der Waals surface area (Å²) in [4.78, 5) is 14.9. The number of hydrogen-bond acceptors (Lipinski definition) is 4. The van der Waals surface area contributed by atoms with Crippen LogP contribution in [0.4, 0.5) is 10.5 Å². The van der Waals surface area contributed by atoms with Crippen molar-refractivity contribution in [3.63, 3.8) is 0 Å². The predicted molar refractivity (Wildman–Crippen MR) is 123 cm³/mol. The van der Waals surface area contributed by atoms with Gasteiger partial charge in [0.1, 0.15) is 0 Å². The van der Waals surface area contributed by atoms with Crippen LogP contribution in [0.2, 0.25) is 0 Å². The molecule has 1 fully saturated rings. The molecule has 168 valence electrons. The van der Waals surface area contributed by atoms with E-state index >= 15 is 0 Å². The Morgan fingerprint density at radius 1 is 1.06 bits per heavy atom. The number of carbonyl (C=O) groups is 1. The van der Waals surface area contributed by atoms with Crippen LogP contribution in [0.25, 0.3) is 0 Å². The fourth-order valence-corrected chi connectivity index (χ4v) is 4.89. The molecule has 7 nitrogen and oxygen atoms in total. The third kappa shape index (κ3) is 6.29. The van der Waals surface area contributed by atoms with Gasteiger partial charge in [0.2, 0.25) is 10.0 Å². The third-order valence-corrected chi connectivity index (χ3v) is 7.48. The first kappa shape index (κ1) is 23.2. The van der Waals surface area contributed by atoms with Crippen molar-refractivity contribution in [2.24, 2.45) is 0 Å². The Bertz CT molecular complexity index is 954. The smallest absolute Gasteiger partial charge is 0.319 e. The van der Waals surface area contributed by atoms with E-state index in [-0.39, 0.29) is 17.0 Å². The normalized spacial score (nSPS) is 15.9. The molecule has 8 heteroatoms. The van der Waals surface area contributed by atoms with Gasteiger partial charge >= 0.3 is 6.03 Å². The zero-order valence-electron chi connectivity index (χ0n) is 18.4. The summed E-state index contributed by atoms with van der Waals surface area (Å²) in [6, 6.07) is 16.1. The number of carbonyl (C=O) groups excluding carboxylic acids is 1. The average Bonchev–Trinajstić information content (AvgIpc) is 2.75. The topological polar surface area (TPSA) is 81.8 Å². The van der Waals surface area contributed by atoms with Gasteiger partial charge in [-0.1, -0.05) is 30.3 Å². The number of likely N-dealkylation sites (tertiary alicyclic amines) is 1. The molecule has 0 aliphatic carbocycles. The fourth-order valence-electron chi connectivity index (χ4n) is 3.73. The van der Waals surface area contributed by atoms with E-state index in [4.69, 9.17) is 0 Å². The maximum atomic E-state index is 12.8. The SMILES string of the molecule is CC(C)N1CCC(NC(=O)Nc2ccc(S(=O)(=O)N(C)Cc3ccccc3)cc2)CC1. The Hall–Kier alpha value is -2.42. The van der Waals surface area contributed by atoms with Crippen molar-refractivity contribution in [1.29, 1.82) is 0 Å². The summed E-state index contributed by atoms with van der Waals surface area (Å²) in [5, 5.41) is 5.81. The Labute approximate surface area is 185 Å². The van der Waals surface area contributed by atoms with E-state index in [2.05, 4.69) is 29.4 Å². The molecule has 2 amide bonds. The second-order valence-corrected chi connectivity index (χ2v) is 10.3. The van der Waals surface area contributed by atoms with Crippen LogP contribution in [0.15, 0.2) is 59.5 Å². The summed E-state index contributed by atoms with van der Waals surface area (Å²) >= 11 is 0. The van der Waals surface area contributed by atoms with Gasteiger partial charge in [-0.15, -0.1) is 0 Å². The van der Waals surface area contributed by atoms with Gasteiger partial charge in [-0.05, 0) is 56.5 Å². The van der Waals surface area contributed by atoms with Crippen LogP contribution in [0.1, 0.15) is 32.3 Å². The summed E-state index contributed by atoms with van der Waals surface area (Å²) in [6.07, 6.45) is 1.85. The lowest BCUT2D eigenvalue weighted by Gasteiger charge is -2.34. The van der Waals surface area contributed by atoms with Crippen LogP contribution in [0.3, 0.4) is 0 Å². The molecule has 0 spiro atoms. The van der Waals surface area contributed by atoms with E-state index in [0.717, 1.165) is 31.5 Å². The van der Waals surface area contributed by atoms with Gasteiger partial charge in [0.05, 0.1) is 4.90 Å². The van der Waals surface area contributed by atoms with Crippen molar-refractivity contribution in [3.8, 4) is 0 Å². The number of piperidine rings is 1. The molecule has 0 saturated carbocycles. The molecular weight excluding hydrogens is 412 g/mol. The number of urea groups is 1. The highest BCUT2D eigenvalue weighted by Gasteiger charge is 2.23. The first-order chi connectivity index (χ1) is 14.8. The van der Waals surface area contributed by atoms with Gasteiger partial charge in [-0.2, -0.15) is 4.31 Å². The van der Waals surface area contributed by atoms with Crippen LogP contribution in [-0.4, -0.2) is 55.9 Å². The molecule has 2 N–H and O–H groups in total. The number of nitrogens with zero attached hydrogens (tertiary/aromatic N) is 2. The van der Waals surface area contributed by atoms with Crippen molar-refractivity contribution >= 4 is 21.7 Å². The van der Waals surface area contributed by atoms with Crippen molar-refractivity contribution in [3.05, 3.63) is 60.2 Å². The standard InChI is InChI=1S/C23H32N4O3S/c1-18(2)27-15-13-21(14-16-27)25-23(28)24-20-9-11-22(12-10-20)31(29,30)26(3)17-19-7-5-4-6-8-19/h4-12,18,21H,13-17H2,1-3H3,(H2,24,25,28). The molecule has 3 rings (SSSR count). The van der Waals surface area contributed by atoms with E-state index in [1.807, 2.05) is 30.3 Å². The lowest BCUT2D eigenvalue weighted by molar-refractivity contribution is 0.163. The van der Waals surface area contributed by atoms with Gasteiger partial charge in [0.15, 0.2) is 0 Å². The Balaban J connectivity index is 1.54.